The molecule has 1 saturated carbocycles. The number of carbonyl (C=O) groups is 2. The van der Waals surface area contributed by atoms with Gasteiger partial charge in [0.05, 0.1) is 12.5 Å². The van der Waals surface area contributed by atoms with Crippen LogP contribution in [0.3, 0.4) is 0 Å². The fourth-order valence-electron chi connectivity index (χ4n) is 3.42. The van der Waals surface area contributed by atoms with E-state index in [9.17, 15) is 9.59 Å². The Morgan fingerprint density at radius 1 is 1.26 bits per heavy atom. The Hall–Kier alpha value is -0.900. The molecule has 1 N–H and O–H groups in total. The Balaban J connectivity index is 1.90. The molecule has 0 aromatic rings. The molecule has 0 bridgehead atoms. The maximum atomic E-state index is 12.1. The fourth-order valence-corrected chi connectivity index (χ4v) is 3.42. The second-order valence-corrected chi connectivity index (χ2v) is 6.08. The summed E-state index contributed by atoms with van der Waals surface area (Å²) in [6, 6.07) is -0.275. The van der Waals surface area contributed by atoms with Gasteiger partial charge in [0.15, 0.2) is 0 Å². The first kappa shape index (κ1) is 14.5. The maximum absolute atomic E-state index is 12.1. The maximum Gasteiger partial charge on any atom is 0.246 e. The van der Waals surface area contributed by atoms with Crippen LogP contribution < -0.4 is 5.32 Å². The van der Waals surface area contributed by atoms with Gasteiger partial charge in [0.25, 0.3) is 0 Å². The van der Waals surface area contributed by atoms with Crippen LogP contribution in [0.5, 0.6) is 0 Å². The van der Waals surface area contributed by atoms with E-state index >= 15 is 0 Å². The first-order valence-corrected chi connectivity index (χ1v) is 7.69. The molecule has 1 aliphatic heterocycles. The summed E-state index contributed by atoms with van der Waals surface area (Å²) in [4.78, 5) is 25.4. The lowest BCUT2D eigenvalue weighted by atomic mass is 9.83. The van der Waals surface area contributed by atoms with Crippen molar-refractivity contribution in [3.63, 3.8) is 0 Å². The summed E-state index contributed by atoms with van der Waals surface area (Å²) in [5.74, 6) is -0.0302. The second-order valence-electron chi connectivity index (χ2n) is 6.08. The molecule has 1 unspecified atom stereocenters. The van der Waals surface area contributed by atoms with Crippen LogP contribution in [0.4, 0.5) is 0 Å². The van der Waals surface area contributed by atoms with Gasteiger partial charge in [0.2, 0.25) is 11.8 Å². The van der Waals surface area contributed by atoms with E-state index in [4.69, 9.17) is 0 Å². The highest BCUT2D eigenvalue weighted by atomic mass is 16.2. The van der Waals surface area contributed by atoms with Crippen LogP contribution in [0.1, 0.15) is 58.8 Å². The van der Waals surface area contributed by atoms with Gasteiger partial charge in [-0.25, -0.2) is 0 Å². The van der Waals surface area contributed by atoms with Crippen LogP contribution in [-0.2, 0) is 9.59 Å². The number of rotatable bonds is 6. The lowest BCUT2D eigenvalue weighted by Crippen LogP contribution is -2.43. The summed E-state index contributed by atoms with van der Waals surface area (Å²) < 4.78 is 0. The van der Waals surface area contributed by atoms with Crippen LogP contribution in [0.15, 0.2) is 0 Å². The molecule has 1 aliphatic carbocycles. The number of imide groups is 1. The molecule has 1 heterocycles. The van der Waals surface area contributed by atoms with E-state index in [1.807, 2.05) is 6.92 Å². The third kappa shape index (κ3) is 2.99. The normalized spacial score (nSPS) is 26.4. The lowest BCUT2D eigenvalue weighted by Gasteiger charge is -2.29. The van der Waals surface area contributed by atoms with Gasteiger partial charge in [-0.05, 0) is 31.1 Å². The van der Waals surface area contributed by atoms with Crippen molar-refractivity contribution < 1.29 is 9.59 Å². The topological polar surface area (TPSA) is 49.4 Å². The zero-order chi connectivity index (χ0) is 13.9. The molecule has 0 aromatic carbocycles. The average Bonchev–Trinajstić information content (AvgIpc) is 2.98. The van der Waals surface area contributed by atoms with E-state index < -0.39 is 0 Å². The van der Waals surface area contributed by atoms with E-state index in [-0.39, 0.29) is 17.9 Å². The minimum Gasteiger partial charge on any atom is -0.305 e. The molecule has 108 valence electrons. The number of hydrogen-bond acceptors (Lipinski definition) is 3. The highest BCUT2D eigenvalue weighted by Crippen LogP contribution is 2.40. The van der Waals surface area contributed by atoms with Crippen LogP contribution in [0.2, 0.25) is 0 Å². The van der Waals surface area contributed by atoms with Crippen molar-refractivity contribution in [3.05, 3.63) is 0 Å². The number of hydrogen-bond donors (Lipinski definition) is 1. The van der Waals surface area contributed by atoms with E-state index in [1.54, 1.807) is 0 Å². The second kappa shape index (κ2) is 6.04. The summed E-state index contributed by atoms with van der Waals surface area (Å²) in [6.45, 7) is 5.67. The summed E-state index contributed by atoms with van der Waals surface area (Å²) in [5, 5.41) is 3.37. The molecule has 2 aliphatic rings. The number of likely N-dealkylation sites (tertiary alicyclic amines) is 1. The van der Waals surface area contributed by atoms with E-state index in [2.05, 4.69) is 12.2 Å². The Morgan fingerprint density at radius 2 is 1.95 bits per heavy atom. The number of nitrogens with one attached hydrogen (secondary N) is 1. The van der Waals surface area contributed by atoms with Gasteiger partial charge in [0.1, 0.15) is 0 Å². The van der Waals surface area contributed by atoms with Crippen LogP contribution in [-0.4, -0.2) is 35.8 Å². The Labute approximate surface area is 115 Å². The van der Waals surface area contributed by atoms with Crippen molar-refractivity contribution in [2.75, 3.05) is 13.1 Å². The Kier molecular flexibility index (Phi) is 4.61. The SMILES string of the molecule is CCCN1C(=O)CC(NCC2(CC)CCCC2)C1=O. The highest BCUT2D eigenvalue weighted by molar-refractivity contribution is 6.05. The molecule has 4 heteroatoms. The molecule has 1 saturated heterocycles. The van der Waals surface area contributed by atoms with Crippen molar-refractivity contribution in [1.82, 2.24) is 10.2 Å². The van der Waals surface area contributed by atoms with Gasteiger partial charge in [-0.3, -0.25) is 14.5 Å². The third-order valence-corrected chi connectivity index (χ3v) is 4.83. The van der Waals surface area contributed by atoms with Crippen molar-refractivity contribution in [2.24, 2.45) is 5.41 Å². The Bertz CT molecular complexity index is 348. The molecule has 0 radical (unpaired) electrons. The van der Waals surface area contributed by atoms with E-state index in [0.29, 0.717) is 18.4 Å². The number of carbonyl (C=O) groups excluding carboxylic acids is 2. The molecule has 0 spiro atoms. The molecule has 19 heavy (non-hydrogen) atoms. The number of amides is 2. The van der Waals surface area contributed by atoms with Gasteiger partial charge >= 0.3 is 0 Å². The van der Waals surface area contributed by atoms with E-state index in [1.165, 1.54) is 30.6 Å². The summed E-state index contributed by atoms with van der Waals surface area (Å²) in [6.07, 6.45) is 7.45. The molecule has 1 atom stereocenters. The van der Waals surface area contributed by atoms with Crippen molar-refractivity contribution in [2.45, 2.75) is 64.8 Å². The van der Waals surface area contributed by atoms with Crippen LogP contribution in [0.25, 0.3) is 0 Å². The largest absolute Gasteiger partial charge is 0.305 e. The monoisotopic (exact) mass is 266 g/mol. The van der Waals surface area contributed by atoms with Gasteiger partial charge in [0, 0.05) is 13.1 Å². The quantitative estimate of drug-likeness (QED) is 0.749. The smallest absolute Gasteiger partial charge is 0.246 e. The molecule has 0 aromatic heterocycles. The fraction of sp³-hybridized carbons (Fsp3) is 0.867. The van der Waals surface area contributed by atoms with Crippen molar-refractivity contribution in [3.8, 4) is 0 Å². The molecular weight excluding hydrogens is 240 g/mol. The van der Waals surface area contributed by atoms with Crippen LogP contribution in [0, 0.1) is 5.41 Å². The van der Waals surface area contributed by atoms with Gasteiger partial charge < -0.3 is 5.32 Å². The highest BCUT2D eigenvalue weighted by Gasteiger charge is 2.39. The van der Waals surface area contributed by atoms with Crippen molar-refractivity contribution in [1.29, 1.82) is 0 Å². The minimum atomic E-state index is -0.275. The molecule has 2 rings (SSSR count). The summed E-state index contributed by atoms with van der Waals surface area (Å²) >= 11 is 0. The Morgan fingerprint density at radius 3 is 2.53 bits per heavy atom. The first-order chi connectivity index (χ1) is 9.12. The predicted molar refractivity (Wildman–Crippen MR) is 74.6 cm³/mol. The predicted octanol–water partition coefficient (Wildman–Crippen LogP) is 2.08. The molecule has 2 fully saturated rings. The minimum absolute atomic E-state index is 0.0127. The molecule has 4 nitrogen and oxygen atoms in total. The zero-order valence-electron chi connectivity index (χ0n) is 12.2. The van der Waals surface area contributed by atoms with Gasteiger partial charge in [-0.15, -0.1) is 0 Å². The lowest BCUT2D eigenvalue weighted by molar-refractivity contribution is -0.138. The molecular formula is C15H26N2O2. The van der Waals surface area contributed by atoms with Crippen LogP contribution >= 0.6 is 0 Å². The van der Waals surface area contributed by atoms with Gasteiger partial charge in [-0.1, -0.05) is 26.7 Å². The molecule has 2 amide bonds. The standard InChI is InChI=1S/C15H26N2O2/c1-3-9-17-13(18)10-12(14(17)19)16-11-15(4-2)7-5-6-8-15/h12,16H,3-11H2,1-2H3. The van der Waals surface area contributed by atoms with Gasteiger partial charge in [-0.2, -0.15) is 0 Å². The number of nitrogens with zero attached hydrogens (tertiary/aromatic N) is 1. The first-order valence-electron chi connectivity index (χ1n) is 7.69. The average molecular weight is 266 g/mol. The van der Waals surface area contributed by atoms with E-state index in [0.717, 1.165) is 19.4 Å². The summed E-state index contributed by atoms with van der Waals surface area (Å²) in [5.41, 5.74) is 0.363. The third-order valence-electron chi connectivity index (χ3n) is 4.83. The zero-order valence-corrected chi connectivity index (χ0v) is 12.2. The summed E-state index contributed by atoms with van der Waals surface area (Å²) in [7, 11) is 0. The van der Waals surface area contributed by atoms with Crippen molar-refractivity contribution >= 4 is 11.8 Å².